The van der Waals surface area contributed by atoms with Crippen molar-refractivity contribution in [3.8, 4) is 18.4 Å². The van der Waals surface area contributed by atoms with Crippen LogP contribution in [0.5, 0.6) is 0 Å². The molecule has 0 atom stereocenters. The van der Waals surface area contributed by atoms with Crippen LogP contribution in [0.1, 0.15) is 75.4 Å². The van der Waals surface area contributed by atoms with Crippen LogP contribution in [-0.2, 0) is 31.7 Å². The lowest BCUT2D eigenvalue weighted by Gasteiger charge is -1.92. The van der Waals surface area contributed by atoms with E-state index in [0.29, 0.717) is 0 Å². The molecule has 0 amide bonds. The van der Waals surface area contributed by atoms with E-state index >= 15 is 0 Å². The van der Waals surface area contributed by atoms with Gasteiger partial charge in [0.25, 0.3) is 0 Å². The van der Waals surface area contributed by atoms with Crippen molar-refractivity contribution in [3.63, 3.8) is 0 Å². The van der Waals surface area contributed by atoms with E-state index in [1.54, 1.807) is 31.1 Å². The van der Waals surface area contributed by atoms with Crippen molar-refractivity contribution in [3.05, 3.63) is 304 Å². The number of fused-ring (bicyclic) bond motifs is 3. The number of imidazole rings is 3. The van der Waals surface area contributed by atoms with Gasteiger partial charge in [-0.2, -0.15) is 18.7 Å². The lowest BCUT2D eigenvalue weighted by molar-refractivity contribution is -0.676. The Labute approximate surface area is 531 Å². The van der Waals surface area contributed by atoms with Crippen molar-refractivity contribution in [1.29, 1.82) is 6.39 Å². The number of H-pyrrole nitrogens is 4. The highest BCUT2D eigenvalue weighted by molar-refractivity contribution is 7.88. The molecule has 444 valence electrons. The second-order valence-corrected chi connectivity index (χ2v) is 18.3. The molecule has 0 saturated heterocycles. The summed E-state index contributed by atoms with van der Waals surface area (Å²) in [5, 5.41) is 9.69. The van der Waals surface area contributed by atoms with Crippen LogP contribution in [0.2, 0.25) is 0 Å². The highest BCUT2D eigenvalue weighted by atomic mass is 32.4. The molecule has 7 aromatic carbocycles. The molecule has 11 aromatic rings. The molecule has 12 nitrogen and oxygen atoms in total. The third-order valence-corrected chi connectivity index (χ3v) is 11.8. The predicted molar refractivity (Wildman–Crippen MR) is 376 cm³/mol. The van der Waals surface area contributed by atoms with Crippen LogP contribution in [-0.4, -0.2) is 43.5 Å². The summed E-state index contributed by atoms with van der Waals surface area (Å²) in [4.78, 5) is 34.4. The monoisotopic (exact) mass is 1210 g/mol. The van der Waals surface area contributed by atoms with Crippen LogP contribution >= 0.6 is 21.4 Å². The summed E-state index contributed by atoms with van der Waals surface area (Å²) in [6, 6.07) is 59.3. The maximum Gasteiger partial charge on any atom is 0.241 e. The van der Waals surface area contributed by atoms with E-state index in [-0.39, 0.29) is 0 Å². The number of rotatable bonds is 0. The van der Waals surface area contributed by atoms with Gasteiger partial charge in [0.1, 0.15) is 11.9 Å². The fourth-order valence-electron chi connectivity index (χ4n) is 7.05. The van der Waals surface area contributed by atoms with Gasteiger partial charge in [0, 0.05) is 73.3 Å². The first-order valence-corrected chi connectivity index (χ1v) is 29.2. The second-order valence-electron chi connectivity index (χ2n) is 18.3. The van der Waals surface area contributed by atoms with Crippen molar-refractivity contribution in [2.45, 2.75) is 75.2 Å². The van der Waals surface area contributed by atoms with Crippen molar-refractivity contribution in [1.82, 2.24) is 29.9 Å². The van der Waals surface area contributed by atoms with Gasteiger partial charge in [-0.1, -0.05) is 165 Å². The Morgan fingerprint density at radius 2 is 1.08 bits per heavy atom. The number of nitriles is 1. The van der Waals surface area contributed by atoms with Crippen LogP contribution in [0.3, 0.4) is 0 Å². The van der Waals surface area contributed by atoms with Gasteiger partial charge < -0.3 is 15.0 Å². The van der Waals surface area contributed by atoms with E-state index in [0.717, 1.165) is 74.8 Å². The SMILES string of the molecule is C#Cc1ccccc1C.C1=Nc2ccccc2C1.C1=Nc2ccccc2C1.CC.Cc1c[nH]c[n+]1C.Cc1cccc(C#N)c1.Cc1cnc[nH]1.Cc1cnc[nH]1.P=S.[2H]S.[C-]#[N+]c1ccccc1C.[C-]#[N+]c1ccccc1C.c1ccc2[nH]ccc2c1. The lowest BCUT2D eigenvalue weighted by atomic mass is 10.1. The molecule has 4 aromatic heterocycles. The zero-order chi connectivity index (χ0) is 65.2. The quantitative estimate of drug-likeness (QED) is 0.0517. The topological polar surface area (TPSA) is 150 Å². The van der Waals surface area contributed by atoms with Crippen LogP contribution in [0.25, 0.3) is 20.6 Å². The van der Waals surface area contributed by atoms with Gasteiger partial charge in [0.05, 0.1) is 57.0 Å². The Balaban J connectivity index is 0.000000485. The Bertz CT molecular complexity index is 3580. The van der Waals surface area contributed by atoms with Gasteiger partial charge in [0.15, 0.2) is 11.4 Å². The van der Waals surface area contributed by atoms with E-state index in [4.69, 9.17) is 26.0 Å². The number of aryl methyl sites for hydroxylation is 8. The van der Waals surface area contributed by atoms with Crippen LogP contribution in [0, 0.1) is 85.3 Å². The molecular weight excluding hydrogens is 1130 g/mol. The molecule has 87 heavy (non-hydrogen) atoms. The summed E-state index contributed by atoms with van der Waals surface area (Å²) in [5.74, 6) is 2.60. The largest absolute Gasteiger partial charge is 0.361 e. The average Bonchev–Trinajstić information content (AvgIpc) is 4.66. The number of aromatic nitrogens is 7. The van der Waals surface area contributed by atoms with E-state index in [1.165, 1.54) is 33.3 Å². The minimum Gasteiger partial charge on any atom is -0.361 e. The molecule has 0 fully saturated rings. The van der Waals surface area contributed by atoms with Crippen LogP contribution in [0.4, 0.5) is 22.7 Å². The molecule has 0 radical (unpaired) electrons. The number of hydrogen-bond donors (Lipinski definition) is 4. The summed E-state index contributed by atoms with van der Waals surface area (Å²) < 4.78 is 7.47. The first-order valence-electron chi connectivity index (χ1n) is 28.0. The number of hydrogen-bond acceptors (Lipinski definition) is 6. The highest BCUT2D eigenvalue weighted by Crippen LogP contribution is 2.23. The number of nitrogens with zero attached hydrogens (tertiary/aromatic N) is 8. The van der Waals surface area contributed by atoms with E-state index in [1.807, 2.05) is 238 Å². The Hall–Kier alpha value is -10.1. The Kier molecular flexibility index (Phi) is 38.9. The maximum atomic E-state index is 8.41. The summed E-state index contributed by atoms with van der Waals surface area (Å²) in [6.07, 6.45) is 23.8. The smallest absolute Gasteiger partial charge is 0.241 e. The van der Waals surface area contributed by atoms with Gasteiger partial charge in [0.2, 0.25) is 6.33 Å². The first-order chi connectivity index (χ1) is 42.8. The molecule has 0 saturated carbocycles. The summed E-state index contributed by atoms with van der Waals surface area (Å²) >= 11 is 6.67. The fourth-order valence-corrected chi connectivity index (χ4v) is 7.05. The molecule has 0 aliphatic carbocycles. The molecule has 0 unspecified atom stereocenters. The molecule has 2 aliphatic heterocycles. The Morgan fingerprint density at radius 3 is 1.41 bits per heavy atom. The molecular formula is C72H80N12PS2+. The van der Waals surface area contributed by atoms with Gasteiger partial charge >= 0.3 is 0 Å². The van der Waals surface area contributed by atoms with Crippen molar-refractivity contribution >= 4 is 79.3 Å². The van der Waals surface area contributed by atoms with Crippen LogP contribution in [0.15, 0.2) is 230 Å². The third kappa shape index (κ3) is 30.9. The number of aliphatic imine (C=N–C) groups is 2. The number of para-hydroxylation sites is 5. The summed E-state index contributed by atoms with van der Waals surface area (Å²) in [7, 11) is 4.56. The summed E-state index contributed by atoms with van der Waals surface area (Å²) in [5.41, 5.74) is 17.2. The third-order valence-electron chi connectivity index (χ3n) is 11.8. The number of nitrogens with one attached hydrogen (secondary N) is 4. The molecule has 4 N–H and O–H groups in total. The molecule has 15 heteroatoms. The normalized spacial score (nSPS) is 9.57. The molecule has 13 rings (SSSR count). The minimum atomic E-state index is 0.731. The molecule has 0 bridgehead atoms. The Morgan fingerprint density at radius 1 is 0.609 bits per heavy atom. The predicted octanol–water partition coefficient (Wildman–Crippen LogP) is 18.3. The lowest BCUT2D eigenvalue weighted by Crippen LogP contribution is -2.27. The number of aromatic amines is 4. The number of terminal acetylenes is 1. The van der Waals surface area contributed by atoms with Crippen molar-refractivity contribution in [2.24, 2.45) is 17.0 Å². The highest BCUT2D eigenvalue weighted by Gasteiger charge is 2.03. The van der Waals surface area contributed by atoms with E-state index in [9.17, 15) is 0 Å². The first kappa shape index (κ1) is 73.1. The maximum absolute atomic E-state index is 8.41. The van der Waals surface area contributed by atoms with Gasteiger partial charge in [-0.05, 0) is 131 Å². The van der Waals surface area contributed by atoms with Gasteiger partial charge in [-0.3, -0.25) is 9.98 Å². The zero-order valence-electron chi connectivity index (χ0n) is 52.4. The average molecular weight is 1210 g/mol. The molecule has 6 heterocycles. The van der Waals surface area contributed by atoms with Gasteiger partial charge in [-0.15, -0.1) is 6.42 Å². The van der Waals surface area contributed by atoms with E-state index in [2.05, 4.69) is 132 Å². The van der Waals surface area contributed by atoms with E-state index < -0.39 is 0 Å². The van der Waals surface area contributed by atoms with Gasteiger partial charge in [-0.25, -0.2) is 29.2 Å². The molecule has 2 aliphatic rings. The van der Waals surface area contributed by atoms with Crippen molar-refractivity contribution in [2.75, 3.05) is 0 Å². The standard InChI is InChI=1S/C9H8.6C8H7N.C5H8N2.2C4H6N2.C2H6.HPS.H2S/c1-3-9-7-5-4-6-8(9)2;3*1-2-4-8-7(3-1)5-6-9-8;2*1-7-5-3-4-6-8(7)9-2;1-7-3-2-4-8(5-7)6-9;1-5-3-6-4-7(5)2;2*1-4-2-5-3-6-4;2*1-2;/h1,4-7H,2H3;2*1-4,6H,5H2;1-6,9H;2*3-6H,1H3;2-5H,1H3;3-4H,1-2H3;2*2-3H,1H3,(H,5,6);1-2H3;1H;1H2/p+1/i/hD. The molecule has 0 spiro atoms. The zero-order valence-corrected chi connectivity index (χ0v) is 54.1. The summed E-state index contributed by atoms with van der Waals surface area (Å²) in [6.45, 7) is 31.3. The van der Waals surface area contributed by atoms with Crippen molar-refractivity contribution < 1.29 is 4.57 Å². The second kappa shape index (κ2) is 46.3. The fraction of sp³-hybridized carbons (Fsp3) is 0.167. The van der Waals surface area contributed by atoms with Crippen LogP contribution < -0.4 is 4.57 Å². The number of benzene rings is 7. The minimum absolute atomic E-state index is 0.731.